The maximum absolute atomic E-state index is 12.4. The number of likely N-dealkylation sites (tertiary alicyclic amines) is 1. The summed E-state index contributed by atoms with van der Waals surface area (Å²) in [5.41, 5.74) is 1.27. The summed E-state index contributed by atoms with van der Waals surface area (Å²) in [6.07, 6.45) is 2.50. The van der Waals surface area contributed by atoms with Crippen LogP contribution in [0.3, 0.4) is 0 Å². The summed E-state index contributed by atoms with van der Waals surface area (Å²) in [5.74, 6) is 0.0144. The molecule has 0 radical (unpaired) electrons. The molecule has 6 heteroatoms. The van der Waals surface area contributed by atoms with Gasteiger partial charge in [-0.15, -0.1) is 11.3 Å². The summed E-state index contributed by atoms with van der Waals surface area (Å²) in [6.45, 7) is 4.55. The maximum atomic E-state index is 12.4. The van der Waals surface area contributed by atoms with Crippen molar-refractivity contribution >= 4 is 17.2 Å². The first kappa shape index (κ1) is 17.1. The number of piperidine rings is 1. The molecule has 0 aliphatic carbocycles. The standard InChI is InChI=1S/C18H23N3O2S/c1-13-19-9-17(24-13)18(23)20-16-11-21(8-7-15(16)12-22)10-14-5-3-2-4-6-14/h2-6,9,15-16,22H,7-8,10-12H2,1H3,(H,20,23)/t15-,16-/m0/s1. The minimum atomic E-state index is -0.0920. The highest BCUT2D eigenvalue weighted by Crippen LogP contribution is 2.20. The second-order valence-electron chi connectivity index (χ2n) is 6.28. The first-order valence-electron chi connectivity index (χ1n) is 8.26. The number of aliphatic hydroxyl groups excluding tert-OH is 1. The normalized spacial score (nSPS) is 21.6. The van der Waals surface area contributed by atoms with Gasteiger partial charge in [0.25, 0.3) is 5.91 Å². The van der Waals surface area contributed by atoms with Crippen LogP contribution in [0.2, 0.25) is 0 Å². The SMILES string of the molecule is Cc1ncc(C(=O)N[C@H]2CN(Cc3ccccc3)CC[C@H]2CO)s1. The van der Waals surface area contributed by atoms with Crippen molar-refractivity contribution in [2.24, 2.45) is 5.92 Å². The topological polar surface area (TPSA) is 65.5 Å². The fourth-order valence-corrected chi connectivity index (χ4v) is 3.82. The Hall–Kier alpha value is -1.76. The molecule has 24 heavy (non-hydrogen) atoms. The number of amides is 1. The van der Waals surface area contributed by atoms with E-state index in [1.165, 1.54) is 16.9 Å². The highest BCUT2D eigenvalue weighted by Gasteiger charge is 2.30. The van der Waals surface area contributed by atoms with Crippen LogP contribution in [0, 0.1) is 12.8 Å². The lowest BCUT2D eigenvalue weighted by atomic mass is 9.92. The molecule has 0 saturated carbocycles. The Labute approximate surface area is 146 Å². The van der Waals surface area contributed by atoms with Crippen LogP contribution in [0.25, 0.3) is 0 Å². The fourth-order valence-electron chi connectivity index (χ4n) is 3.14. The van der Waals surface area contributed by atoms with E-state index in [0.29, 0.717) is 4.88 Å². The van der Waals surface area contributed by atoms with Gasteiger partial charge in [0.1, 0.15) is 4.88 Å². The number of thiazole rings is 1. The van der Waals surface area contributed by atoms with Gasteiger partial charge in [-0.2, -0.15) is 0 Å². The summed E-state index contributed by atoms with van der Waals surface area (Å²) in [4.78, 5) is 19.5. The molecule has 2 heterocycles. The number of nitrogens with one attached hydrogen (secondary N) is 1. The van der Waals surface area contributed by atoms with E-state index in [1.807, 2.05) is 25.1 Å². The summed E-state index contributed by atoms with van der Waals surface area (Å²) in [6, 6.07) is 10.3. The lowest BCUT2D eigenvalue weighted by molar-refractivity contribution is 0.0733. The molecule has 0 bridgehead atoms. The van der Waals surface area contributed by atoms with Gasteiger partial charge in [0.2, 0.25) is 0 Å². The number of carbonyl (C=O) groups excluding carboxylic acids is 1. The van der Waals surface area contributed by atoms with Crippen LogP contribution in [-0.2, 0) is 6.54 Å². The average molecular weight is 345 g/mol. The first-order valence-corrected chi connectivity index (χ1v) is 9.08. The van der Waals surface area contributed by atoms with Crippen molar-refractivity contribution in [2.75, 3.05) is 19.7 Å². The van der Waals surface area contributed by atoms with Gasteiger partial charge in [-0.25, -0.2) is 4.98 Å². The van der Waals surface area contributed by atoms with Gasteiger partial charge in [-0.3, -0.25) is 9.69 Å². The van der Waals surface area contributed by atoms with Crippen LogP contribution in [0.1, 0.15) is 26.7 Å². The summed E-state index contributed by atoms with van der Waals surface area (Å²) in [5, 5.41) is 13.6. The molecule has 1 aromatic carbocycles. The second kappa shape index (κ2) is 7.88. The zero-order valence-electron chi connectivity index (χ0n) is 13.8. The zero-order valence-corrected chi connectivity index (χ0v) is 14.6. The smallest absolute Gasteiger partial charge is 0.263 e. The first-order chi connectivity index (χ1) is 11.7. The summed E-state index contributed by atoms with van der Waals surface area (Å²) >= 11 is 1.40. The third-order valence-corrected chi connectivity index (χ3v) is 5.40. The molecule has 128 valence electrons. The third kappa shape index (κ3) is 4.20. The van der Waals surface area contributed by atoms with Gasteiger partial charge in [-0.1, -0.05) is 30.3 Å². The number of rotatable bonds is 5. The Morgan fingerprint density at radius 1 is 1.42 bits per heavy atom. The number of benzene rings is 1. The molecular weight excluding hydrogens is 322 g/mol. The van der Waals surface area contributed by atoms with Crippen LogP contribution in [0.4, 0.5) is 0 Å². The Morgan fingerprint density at radius 3 is 2.88 bits per heavy atom. The molecule has 1 aliphatic rings. The maximum Gasteiger partial charge on any atom is 0.263 e. The Kier molecular flexibility index (Phi) is 5.60. The monoisotopic (exact) mass is 345 g/mol. The second-order valence-corrected chi connectivity index (χ2v) is 7.51. The lowest BCUT2D eigenvalue weighted by Crippen LogP contribution is -2.53. The van der Waals surface area contributed by atoms with Crippen molar-refractivity contribution in [3.8, 4) is 0 Å². The lowest BCUT2D eigenvalue weighted by Gasteiger charge is -2.38. The quantitative estimate of drug-likeness (QED) is 0.871. The predicted octanol–water partition coefficient (Wildman–Crippen LogP) is 2.06. The van der Waals surface area contributed by atoms with Crippen LogP contribution in [0.15, 0.2) is 36.5 Å². The highest BCUT2D eigenvalue weighted by atomic mass is 32.1. The van der Waals surface area contributed by atoms with Gasteiger partial charge >= 0.3 is 0 Å². The molecule has 1 aliphatic heterocycles. The molecule has 2 aromatic rings. The Morgan fingerprint density at radius 2 is 2.21 bits per heavy atom. The van der Waals surface area contributed by atoms with Gasteiger partial charge in [0, 0.05) is 31.7 Å². The van der Waals surface area contributed by atoms with Crippen molar-refractivity contribution in [3.05, 3.63) is 52.0 Å². The number of carbonyl (C=O) groups is 1. The molecule has 5 nitrogen and oxygen atoms in total. The molecule has 1 aromatic heterocycles. The van der Waals surface area contributed by atoms with E-state index in [9.17, 15) is 9.90 Å². The van der Waals surface area contributed by atoms with Crippen LogP contribution >= 0.6 is 11.3 Å². The Balaban J connectivity index is 1.64. The summed E-state index contributed by atoms with van der Waals surface area (Å²) in [7, 11) is 0. The van der Waals surface area contributed by atoms with Gasteiger partial charge in [0.05, 0.1) is 11.2 Å². The van der Waals surface area contributed by atoms with Crippen LogP contribution in [0.5, 0.6) is 0 Å². The van der Waals surface area contributed by atoms with E-state index in [-0.39, 0.29) is 24.5 Å². The average Bonchev–Trinajstić information content (AvgIpc) is 3.03. The number of aliphatic hydroxyl groups is 1. The number of aryl methyl sites for hydroxylation is 1. The molecule has 3 rings (SSSR count). The number of hydrogen-bond donors (Lipinski definition) is 2. The van der Waals surface area contributed by atoms with Crippen molar-refractivity contribution in [1.29, 1.82) is 0 Å². The molecule has 2 N–H and O–H groups in total. The van der Waals surface area contributed by atoms with Gasteiger partial charge in [0.15, 0.2) is 0 Å². The number of nitrogens with zero attached hydrogens (tertiary/aromatic N) is 2. The molecule has 2 atom stereocenters. The minimum absolute atomic E-state index is 0.0395. The molecule has 1 saturated heterocycles. The largest absolute Gasteiger partial charge is 0.396 e. The van der Waals surface area contributed by atoms with Gasteiger partial charge in [-0.05, 0) is 25.5 Å². The third-order valence-electron chi connectivity index (χ3n) is 4.49. The molecule has 1 amide bonds. The summed E-state index contributed by atoms with van der Waals surface area (Å²) < 4.78 is 0. The molecule has 0 unspecified atom stereocenters. The van der Waals surface area contributed by atoms with E-state index < -0.39 is 0 Å². The van der Waals surface area contributed by atoms with E-state index >= 15 is 0 Å². The zero-order chi connectivity index (χ0) is 16.9. The van der Waals surface area contributed by atoms with Crippen molar-refractivity contribution in [1.82, 2.24) is 15.2 Å². The molecule has 0 spiro atoms. The van der Waals surface area contributed by atoms with Crippen molar-refractivity contribution in [2.45, 2.75) is 25.9 Å². The minimum Gasteiger partial charge on any atom is -0.396 e. The van der Waals surface area contributed by atoms with E-state index in [2.05, 4.69) is 27.3 Å². The molecule has 1 fully saturated rings. The predicted molar refractivity (Wildman–Crippen MR) is 95.0 cm³/mol. The van der Waals surface area contributed by atoms with E-state index in [0.717, 1.165) is 31.1 Å². The fraction of sp³-hybridized carbons (Fsp3) is 0.444. The number of aromatic nitrogens is 1. The Bertz CT molecular complexity index is 674. The van der Waals surface area contributed by atoms with Crippen molar-refractivity contribution in [3.63, 3.8) is 0 Å². The van der Waals surface area contributed by atoms with E-state index in [4.69, 9.17) is 0 Å². The molecular formula is C18H23N3O2S. The van der Waals surface area contributed by atoms with Crippen LogP contribution in [-0.4, -0.2) is 46.6 Å². The van der Waals surface area contributed by atoms with E-state index in [1.54, 1.807) is 6.20 Å². The van der Waals surface area contributed by atoms with Gasteiger partial charge < -0.3 is 10.4 Å². The number of hydrogen-bond acceptors (Lipinski definition) is 5. The highest BCUT2D eigenvalue weighted by molar-refractivity contribution is 7.13. The van der Waals surface area contributed by atoms with Crippen molar-refractivity contribution < 1.29 is 9.90 Å². The van der Waals surface area contributed by atoms with Crippen LogP contribution < -0.4 is 5.32 Å².